The number of hydrogen-bond acceptors (Lipinski definition) is 3. The van der Waals surface area contributed by atoms with Gasteiger partial charge in [-0.25, -0.2) is 4.79 Å². The standard InChI is InChI=1S/C19H26BrN3OS/c1-4-23(5-2)13-16-8-6-15(7-9-16)12-21-19(24)22(3)14-17-10-11-18(20)25-17/h6-11H,4-5,12-14H2,1-3H3,(H,21,24). The van der Waals surface area contributed by atoms with Gasteiger partial charge in [-0.15, -0.1) is 11.3 Å². The van der Waals surface area contributed by atoms with Gasteiger partial charge in [-0.05, 0) is 52.3 Å². The van der Waals surface area contributed by atoms with Crippen LogP contribution in [0.5, 0.6) is 0 Å². The number of carbonyl (C=O) groups excluding carboxylic acids is 1. The van der Waals surface area contributed by atoms with Gasteiger partial charge in [0.2, 0.25) is 0 Å². The van der Waals surface area contributed by atoms with Crippen LogP contribution in [0.25, 0.3) is 0 Å². The Balaban J connectivity index is 1.80. The Morgan fingerprint density at radius 3 is 2.24 bits per heavy atom. The predicted octanol–water partition coefficient (Wildman–Crippen LogP) is 4.69. The van der Waals surface area contributed by atoms with Crippen molar-refractivity contribution in [2.75, 3.05) is 20.1 Å². The van der Waals surface area contributed by atoms with Gasteiger partial charge >= 0.3 is 6.03 Å². The SMILES string of the molecule is CCN(CC)Cc1ccc(CNC(=O)N(C)Cc2ccc(Br)s2)cc1. The van der Waals surface area contributed by atoms with E-state index in [1.54, 1.807) is 16.2 Å². The average Bonchev–Trinajstić information content (AvgIpc) is 3.03. The summed E-state index contributed by atoms with van der Waals surface area (Å²) in [5.74, 6) is 0. The summed E-state index contributed by atoms with van der Waals surface area (Å²) in [4.78, 5) is 17.5. The van der Waals surface area contributed by atoms with Gasteiger partial charge in [0.1, 0.15) is 0 Å². The molecule has 6 heteroatoms. The lowest BCUT2D eigenvalue weighted by atomic mass is 10.1. The Morgan fingerprint density at radius 2 is 1.68 bits per heavy atom. The number of urea groups is 1. The maximum Gasteiger partial charge on any atom is 0.317 e. The number of thiophene rings is 1. The molecular formula is C19H26BrN3OS. The molecule has 2 aromatic rings. The van der Waals surface area contributed by atoms with Crippen LogP contribution in [0.3, 0.4) is 0 Å². The first-order valence-corrected chi connectivity index (χ1v) is 10.2. The van der Waals surface area contributed by atoms with E-state index >= 15 is 0 Å². The summed E-state index contributed by atoms with van der Waals surface area (Å²) in [6.07, 6.45) is 0. The highest BCUT2D eigenvalue weighted by Crippen LogP contribution is 2.22. The van der Waals surface area contributed by atoms with E-state index in [1.807, 2.05) is 19.2 Å². The van der Waals surface area contributed by atoms with Crippen molar-refractivity contribution in [1.29, 1.82) is 0 Å². The van der Waals surface area contributed by atoms with Crippen LogP contribution in [0.1, 0.15) is 29.9 Å². The molecule has 4 nitrogen and oxygen atoms in total. The van der Waals surface area contributed by atoms with E-state index in [4.69, 9.17) is 0 Å². The summed E-state index contributed by atoms with van der Waals surface area (Å²) in [5, 5.41) is 2.98. The van der Waals surface area contributed by atoms with Crippen LogP contribution in [0.15, 0.2) is 40.2 Å². The molecule has 1 aromatic heterocycles. The molecule has 0 spiro atoms. The monoisotopic (exact) mass is 423 g/mol. The van der Waals surface area contributed by atoms with Gasteiger partial charge in [0.25, 0.3) is 0 Å². The summed E-state index contributed by atoms with van der Waals surface area (Å²) in [5.41, 5.74) is 2.42. The fraction of sp³-hybridized carbons (Fsp3) is 0.421. The van der Waals surface area contributed by atoms with Gasteiger partial charge in [0, 0.05) is 25.0 Å². The molecule has 0 aliphatic carbocycles. The molecule has 0 aliphatic rings. The fourth-order valence-electron chi connectivity index (χ4n) is 2.52. The van der Waals surface area contributed by atoms with Crippen molar-refractivity contribution in [3.05, 3.63) is 56.2 Å². The molecule has 25 heavy (non-hydrogen) atoms. The lowest BCUT2D eigenvalue weighted by molar-refractivity contribution is 0.207. The molecule has 0 unspecified atom stereocenters. The van der Waals surface area contributed by atoms with Crippen molar-refractivity contribution in [2.24, 2.45) is 0 Å². The minimum absolute atomic E-state index is 0.0586. The second kappa shape index (κ2) is 9.94. The molecule has 2 amide bonds. The lowest BCUT2D eigenvalue weighted by Crippen LogP contribution is -2.36. The van der Waals surface area contributed by atoms with Crippen molar-refractivity contribution < 1.29 is 4.79 Å². The first kappa shape index (κ1) is 19.9. The Labute approximate surface area is 163 Å². The summed E-state index contributed by atoms with van der Waals surface area (Å²) in [6.45, 7) is 8.60. The highest BCUT2D eigenvalue weighted by molar-refractivity contribution is 9.11. The maximum atomic E-state index is 12.2. The molecule has 1 aromatic carbocycles. The quantitative estimate of drug-likeness (QED) is 0.667. The molecule has 0 radical (unpaired) electrons. The number of nitrogens with zero attached hydrogens (tertiary/aromatic N) is 2. The zero-order valence-electron chi connectivity index (χ0n) is 15.1. The second-order valence-electron chi connectivity index (χ2n) is 6.00. The predicted molar refractivity (Wildman–Crippen MR) is 109 cm³/mol. The lowest BCUT2D eigenvalue weighted by Gasteiger charge is -2.18. The molecule has 0 bridgehead atoms. The van der Waals surface area contributed by atoms with Crippen LogP contribution in [0.4, 0.5) is 4.79 Å². The number of carbonyl (C=O) groups is 1. The summed E-state index contributed by atoms with van der Waals surface area (Å²) in [7, 11) is 1.82. The summed E-state index contributed by atoms with van der Waals surface area (Å²) < 4.78 is 1.08. The minimum atomic E-state index is -0.0586. The van der Waals surface area contributed by atoms with Crippen molar-refractivity contribution in [3.63, 3.8) is 0 Å². The van der Waals surface area contributed by atoms with Gasteiger partial charge in [-0.2, -0.15) is 0 Å². The third-order valence-corrected chi connectivity index (χ3v) is 5.74. The third kappa shape index (κ3) is 6.45. The highest BCUT2D eigenvalue weighted by Gasteiger charge is 2.10. The maximum absolute atomic E-state index is 12.2. The van der Waals surface area contributed by atoms with Crippen molar-refractivity contribution in [3.8, 4) is 0 Å². The average molecular weight is 424 g/mol. The Bertz CT molecular complexity index is 668. The number of rotatable bonds is 8. The molecule has 1 N–H and O–H groups in total. The van der Waals surface area contributed by atoms with Crippen LogP contribution in [0.2, 0.25) is 0 Å². The molecule has 1 heterocycles. The van der Waals surface area contributed by atoms with E-state index in [1.165, 1.54) is 5.56 Å². The zero-order valence-corrected chi connectivity index (χ0v) is 17.5. The molecule has 0 aliphatic heterocycles. The van der Waals surface area contributed by atoms with E-state index in [2.05, 4.69) is 64.3 Å². The smallest absolute Gasteiger partial charge is 0.317 e. The Hall–Kier alpha value is -1.37. The Kier molecular flexibility index (Phi) is 7.93. The molecule has 0 fully saturated rings. The van der Waals surface area contributed by atoms with Gasteiger partial charge in [0.05, 0.1) is 10.3 Å². The van der Waals surface area contributed by atoms with Crippen molar-refractivity contribution in [2.45, 2.75) is 33.5 Å². The molecule has 2 rings (SSSR count). The van der Waals surface area contributed by atoms with Crippen LogP contribution in [0, 0.1) is 0 Å². The fourth-order valence-corrected chi connectivity index (χ4v) is 4.06. The van der Waals surface area contributed by atoms with E-state index in [9.17, 15) is 4.79 Å². The summed E-state index contributed by atoms with van der Waals surface area (Å²) >= 11 is 5.10. The van der Waals surface area contributed by atoms with E-state index in [0.29, 0.717) is 13.1 Å². The second-order valence-corrected chi connectivity index (χ2v) is 8.55. The Morgan fingerprint density at radius 1 is 1.04 bits per heavy atom. The third-order valence-electron chi connectivity index (χ3n) is 4.14. The summed E-state index contributed by atoms with van der Waals surface area (Å²) in [6, 6.07) is 12.5. The van der Waals surface area contributed by atoms with Crippen molar-refractivity contribution in [1.82, 2.24) is 15.1 Å². The molecular weight excluding hydrogens is 398 g/mol. The van der Waals surface area contributed by atoms with Gasteiger partial charge in [0.15, 0.2) is 0 Å². The van der Waals surface area contributed by atoms with Gasteiger partial charge < -0.3 is 10.2 Å². The minimum Gasteiger partial charge on any atom is -0.334 e. The number of halogens is 1. The number of amides is 2. The van der Waals surface area contributed by atoms with Crippen LogP contribution >= 0.6 is 27.3 Å². The zero-order chi connectivity index (χ0) is 18.2. The topological polar surface area (TPSA) is 35.6 Å². The van der Waals surface area contributed by atoms with Crippen LogP contribution in [-0.2, 0) is 19.6 Å². The van der Waals surface area contributed by atoms with Crippen molar-refractivity contribution >= 4 is 33.3 Å². The number of nitrogens with one attached hydrogen (secondary N) is 1. The first-order chi connectivity index (χ1) is 12.0. The van der Waals surface area contributed by atoms with E-state index in [0.717, 1.165) is 33.9 Å². The molecule has 0 atom stereocenters. The normalized spacial score (nSPS) is 10.9. The highest BCUT2D eigenvalue weighted by atomic mass is 79.9. The van der Waals surface area contributed by atoms with E-state index in [-0.39, 0.29) is 6.03 Å². The number of benzene rings is 1. The van der Waals surface area contributed by atoms with E-state index < -0.39 is 0 Å². The van der Waals surface area contributed by atoms with Gasteiger partial charge in [-0.1, -0.05) is 38.1 Å². The largest absolute Gasteiger partial charge is 0.334 e. The molecule has 0 saturated heterocycles. The number of hydrogen-bond donors (Lipinski definition) is 1. The van der Waals surface area contributed by atoms with Crippen LogP contribution in [-0.4, -0.2) is 36.0 Å². The molecule has 0 saturated carbocycles. The first-order valence-electron chi connectivity index (χ1n) is 8.55. The molecule has 136 valence electrons. The van der Waals surface area contributed by atoms with Gasteiger partial charge in [-0.3, -0.25) is 4.90 Å². The van der Waals surface area contributed by atoms with Crippen LogP contribution < -0.4 is 5.32 Å².